The third-order valence-corrected chi connectivity index (χ3v) is 18.4. The van der Waals surface area contributed by atoms with Gasteiger partial charge >= 0.3 is 53.4 Å². The fourth-order valence-corrected chi connectivity index (χ4v) is 13.9. The maximum Gasteiger partial charge on any atom is 1.00 e. The molecule has 1 saturated heterocycles. The van der Waals surface area contributed by atoms with Gasteiger partial charge in [-0.05, 0) is 259 Å². The number of esters is 2. The molecule has 4 aliphatic rings. The number of amides is 1. The van der Waals surface area contributed by atoms with E-state index in [1.165, 1.54) is 65.6 Å². The number of aromatic carboxylic acids is 1. The van der Waals surface area contributed by atoms with Crippen LogP contribution >= 0.6 is 79.6 Å². The average molecular weight is 1480 g/mol. The van der Waals surface area contributed by atoms with Crippen molar-refractivity contribution in [2.75, 3.05) is 25.1 Å². The fraction of sp³-hybridized carbons (Fsp3) is 0.333. The van der Waals surface area contributed by atoms with Crippen molar-refractivity contribution in [2.45, 2.75) is 138 Å². The van der Waals surface area contributed by atoms with E-state index in [2.05, 4.69) is 10.1 Å². The summed E-state index contributed by atoms with van der Waals surface area (Å²) in [6, 6.07) is 19.0. The summed E-state index contributed by atoms with van der Waals surface area (Å²) in [5.41, 5.74) is 13.4. The Morgan fingerprint density at radius 2 is 1.00 bits per heavy atom. The molecular weight excluding hydrogens is 1400 g/mol. The number of aromatic nitrogens is 1. The Hall–Kier alpha value is -6.75. The number of pyridine rings is 1. The molecule has 0 unspecified atom stereocenters. The van der Waals surface area contributed by atoms with Gasteiger partial charge in [-0.15, -0.1) is 0 Å². The predicted molar refractivity (Wildman–Crippen MR) is 388 cm³/mol. The Morgan fingerprint density at radius 3 is 1.41 bits per heavy atom. The Morgan fingerprint density at radius 1 is 0.582 bits per heavy atom. The number of Topliss-reactive ketones (excluding diaryl/α,β-unsaturated/α-hetero) is 3. The minimum atomic E-state index is -1.11. The summed E-state index contributed by atoms with van der Waals surface area (Å²) in [6.45, 7) is 8.36. The third-order valence-electron chi connectivity index (χ3n) is 13.9. The SMILES string of the molecule is C.C1CCOC1.CC(=O)Cc1ccsc1.CC(=O)Cc1ccsc1.CC(=O)OC(=O)Cc1ccsc1.CCO.O=C(Cl)Cc1ccsc1.O=C(O)Cc1ccsc1.O=C(O)c1c(O)c(Cc2ccsc2)nc2c3c(ccc12)CCCC3.O=C1Nc2c(ccc3c2CCCC3)C1=O.[Na+].[OH-]. The summed E-state index contributed by atoms with van der Waals surface area (Å²) in [4.78, 5) is 102. The van der Waals surface area contributed by atoms with E-state index < -0.39 is 35.6 Å². The number of hydrogen-bond donors (Lipinski definition) is 5. The second-order valence-electron chi connectivity index (χ2n) is 21.6. The van der Waals surface area contributed by atoms with Crippen LogP contribution < -0.4 is 34.9 Å². The number of thiophene rings is 6. The molecule has 0 saturated carbocycles. The zero-order chi connectivity index (χ0) is 69.1. The van der Waals surface area contributed by atoms with Gasteiger partial charge in [0.1, 0.15) is 17.1 Å². The van der Waals surface area contributed by atoms with Crippen LogP contribution in [0.1, 0.15) is 156 Å². The first-order valence-corrected chi connectivity index (χ1v) is 36.5. The molecule has 18 nitrogen and oxygen atoms in total. The minimum absolute atomic E-state index is 0. The van der Waals surface area contributed by atoms with Gasteiger partial charge in [-0.2, -0.15) is 68.0 Å². The van der Waals surface area contributed by atoms with Crippen LogP contribution in [-0.2, 0) is 107 Å². The molecule has 9 heterocycles. The monoisotopic (exact) mass is 1480 g/mol. The molecule has 1 fully saturated rings. The number of aliphatic carboxylic acids is 1. The quantitative estimate of drug-likeness (QED) is 0.0235. The van der Waals surface area contributed by atoms with Crippen molar-refractivity contribution in [3.63, 3.8) is 0 Å². The molecule has 98 heavy (non-hydrogen) atoms. The van der Waals surface area contributed by atoms with Gasteiger partial charge in [0.15, 0.2) is 5.75 Å². The molecule has 0 atom stereocenters. The molecule has 6 N–H and O–H groups in total. The number of aromatic hydroxyl groups is 1. The normalized spacial score (nSPS) is 12.2. The second kappa shape index (κ2) is 48.1. The molecule has 9 aromatic rings. The number of nitrogens with one attached hydrogen (secondary N) is 1. The van der Waals surface area contributed by atoms with Crippen LogP contribution in [-0.4, -0.2) is 103 Å². The number of carboxylic acids is 2. The number of carboxylic acid groups (broad SMARTS) is 2. The number of benzene rings is 2. The van der Waals surface area contributed by atoms with Gasteiger partial charge in [0.2, 0.25) is 5.24 Å². The number of fused-ring (bicyclic) bond motifs is 6. The molecule has 7 aromatic heterocycles. The summed E-state index contributed by atoms with van der Waals surface area (Å²) >= 11 is 14.6. The molecule has 2 aliphatic carbocycles. The van der Waals surface area contributed by atoms with Gasteiger partial charge in [-0.1, -0.05) is 25.6 Å². The standard InChI is InChI=1S/C19H17NO3S.C12H11NO2.C8H8O3S.2C7H8OS.C6H5ClOS.C6H6O2S.C4H8O.C2H6O.CH4.Na.H2O/c21-18-15(9-11-7-8-24-10-11)20-17-13-4-2-1-3-12(13)5-6-14(17)16(18)19(22)23;14-11-9-6-5-7-3-1-2-4-8(7)10(9)13-12(11)15;1-6(9)11-8(10)4-7-2-3-12-5-7;2*1-6(8)4-7-2-3-9-5-7;2*7-6(8)3-5-1-2-9-4-5;1-2-4-5-3-1;1-2-3;;;/h5-8,10,21H,1-4,9H2,(H,22,23);5-6H,1-4H2,(H,13,14,15);2-3,5H,4H2,1H3;2*2-3,5H,4H2,1H3;1-2,4H,3H2;1-2,4H,3H2,(H,7,8);1-4H2;3H,2H2,1H3;1H4;;1H2/q;;;;;;;;;;+1;/p-1. The molecule has 0 spiro atoms. The number of nitrogens with zero attached hydrogens (tertiary/aromatic N) is 1. The number of aliphatic hydroxyl groups excluding tert-OH is 1. The van der Waals surface area contributed by atoms with E-state index in [4.69, 9.17) is 31.5 Å². The molecule has 13 rings (SSSR count). The average Bonchev–Trinajstić information content (AvgIpc) is 0.939. The number of carbonyl (C=O) groups excluding carboxylic acids is 7. The molecule has 2 aromatic carbocycles. The van der Waals surface area contributed by atoms with E-state index in [1.807, 2.05) is 113 Å². The van der Waals surface area contributed by atoms with E-state index in [0.717, 1.165) is 108 Å². The van der Waals surface area contributed by atoms with Crippen LogP contribution in [0.4, 0.5) is 5.69 Å². The Balaban J connectivity index is 0.000000392. The van der Waals surface area contributed by atoms with Crippen molar-refractivity contribution < 1.29 is 108 Å². The van der Waals surface area contributed by atoms with Gasteiger partial charge in [0, 0.05) is 57.8 Å². The smallest absolute Gasteiger partial charge is 0.870 e. The predicted octanol–water partition coefficient (Wildman–Crippen LogP) is 12.7. The van der Waals surface area contributed by atoms with Gasteiger partial charge in [0.05, 0.1) is 35.3 Å². The third kappa shape index (κ3) is 31.6. The summed E-state index contributed by atoms with van der Waals surface area (Å²) in [5, 5.41) is 62.1. The zero-order valence-electron chi connectivity index (χ0n) is 54.6. The van der Waals surface area contributed by atoms with Gasteiger partial charge < -0.3 is 40.7 Å². The van der Waals surface area contributed by atoms with Crippen LogP contribution in [0.25, 0.3) is 10.9 Å². The number of carbonyl (C=O) groups is 9. The van der Waals surface area contributed by atoms with Gasteiger partial charge in [0.25, 0.3) is 11.7 Å². The molecule has 0 bridgehead atoms. The summed E-state index contributed by atoms with van der Waals surface area (Å²) < 4.78 is 9.29. The van der Waals surface area contributed by atoms with Crippen molar-refractivity contribution in [3.05, 3.63) is 198 Å². The number of hydrogen-bond acceptors (Lipinski definition) is 21. The van der Waals surface area contributed by atoms with E-state index >= 15 is 0 Å². The first-order chi connectivity index (χ1) is 45.7. The Labute approximate surface area is 622 Å². The Bertz CT molecular complexity index is 3680. The first-order valence-electron chi connectivity index (χ1n) is 30.4. The Kier molecular flexibility index (Phi) is 42.9. The number of ether oxygens (including phenoxy) is 2. The molecular formula is C72H82ClN2NaO16S6. The largest absolute Gasteiger partial charge is 1.00 e. The number of aliphatic hydroxyl groups is 1. The summed E-state index contributed by atoms with van der Waals surface area (Å²) in [7, 11) is 0. The molecule has 0 radical (unpaired) electrons. The topological polar surface area (TPSA) is 308 Å². The van der Waals surface area contributed by atoms with Crippen molar-refractivity contribution >= 4 is 149 Å². The molecule has 2 aliphatic heterocycles. The van der Waals surface area contributed by atoms with E-state index in [1.54, 1.807) is 78.3 Å². The zero-order valence-corrected chi connectivity index (χ0v) is 62.3. The number of ketones is 3. The second-order valence-corrected chi connectivity index (χ2v) is 26.7. The van der Waals surface area contributed by atoms with Gasteiger partial charge in [-0.3, -0.25) is 38.4 Å². The maximum atomic E-state index is 11.8. The van der Waals surface area contributed by atoms with Gasteiger partial charge in [-0.25, -0.2) is 9.78 Å². The van der Waals surface area contributed by atoms with Crippen molar-refractivity contribution in [3.8, 4) is 5.75 Å². The number of aryl methyl sites for hydroxylation is 3. The van der Waals surface area contributed by atoms with E-state index in [-0.39, 0.29) is 90.0 Å². The summed E-state index contributed by atoms with van der Waals surface area (Å²) in [6.07, 6.45) is 13.4. The molecule has 26 heteroatoms. The van der Waals surface area contributed by atoms with E-state index in [0.29, 0.717) is 42.3 Å². The van der Waals surface area contributed by atoms with Crippen molar-refractivity contribution in [1.29, 1.82) is 0 Å². The van der Waals surface area contributed by atoms with Crippen molar-refractivity contribution in [1.82, 2.24) is 4.98 Å². The minimum Gasteiger partial charge on any atom is -0.870 e. The van der Waals surface area contributed by atoms with E-state index in [9.17, 15) is 53.4 Å². The molecule has 520 valence electrons. The van der Waals surface area contributed by atoms with Crippen LogP contribution in [0.15, 0.2) is 125 Å². The maximum absolute atomic E-state index is 11.8. The summed E-state index contributed by atoms with van der Waals surface area (Å²) in [5.74, 6) is -3.56. The van der Waals surface area contributed by atoms with Crippen LogP contribution in [0.5, 0.6) is 5.75 Å². The number of anilines is 1. The molecule has 1 amide bonds. The first kappa shape index (κ1) is 87.3. The fourth-order valence-electron chi connectivity index (χ4n) is 9.73. The number of halogens is 1. The van der Waals surface area contributed by atoms with Crippen LogP contribution in [0, 0.1) is 0 Å². The van der Waals surface area contributed by atoms with Crippen LogP contribution in [0.2, 0.25) is 0 Å². The van der Waals surface area contributed by atoms with Crippen LogP contribution in [0.3, 0.4) is 0 Å². The van der Waals surface area contributed by atoms with Crippen molar-refractivity contribution in [2.24, 2.45) is 0 Å². The number of rotatable bonds is 13.